The number of para-hydroxylation sites is 1. The number of hydrogen-bond acceptors (Lipinski definition) is 3. The normalized spacial score (nSPS) is 22.5. The van der Waals surface area contributed by atoms with Gasteiger partial charge in [0.05, 0.1) is 6.04 Å². The van der Waals surface area contributed by atoms with Crippen molar-refractivity contribution in [1.82, 2.24) is 9.29 Å². The van der Waals surface area contributed by atoms with Gasteiger partial charge in [0.25, 0.3) is 0 Å². The van der Waals surface area contributed by atoms with E-state index in [1.54, 1.807) is 18.4 Å². The highest BCUT2D eigenvalue weighted by Crippen LogP contribution is 2.42. The number of aromatic amines is 1. The van der Waals surface area contributed by atoms with Crippen LogP contribution in [-0.4, -0.2) is 31.2 Å². The number of hydrogen-bond donors (Lipinski definition) is 2. The monoisotopic (exact) mass is 340 g/mol. The molecule has 1 unspecified atom stereocenters. The summed E-state index contributed by atoms with van der Waals surface area (Å²) in [5.41, 5.74) is 4.55. The van der Waals surface area contributed by atoms with Crippen LogP contribution >= 0.6 is 0 Å². The number of aromatic nitrogens is 1. The third-order valence-corrected chi connectivity index (χ3v) is 5.98. The standard InChI is InChI=1S/C19H20N2O2S/c1-12-11-16-15-5-3-4-6-17(15)20-18(16)19(21(12)24(2)23)13-7-9-14(22)10-8-13/h3-10,12,19-20,22H,11H2,1-2H3/t12-,19+,24?/m1/s1. The number of benzene rings is 2. The molecule has 0 saturated carbocycles. The topological polar surface area (TPSA) is 62.3 Å². The summed E-state index contributed by atoms with van der Waals surface area (Å²) >= 11 is -1.10. The molecule has 124 valence electrons. The van der Waals surface area contributed by atoms with Crippen molar-refractivity contribution in [2.24, 2.45) is 0 Å². The van der Waals surface area contributed by atoms with Gasteiger partial charge in [-0.1, -0.05) is 30.3 Å². The molecule has 0 aliphatic carbocycles. The summed E-state index contributed by atoms with van der Waals surface area (Å²) in [5, 5.41) is 10.9. The van der Waals surface area contributed by atoms with Crippen LogP contribution in [0.3, 0.4) is 0 Å². The van der Waals surface area contributed by atoms with E-state index in [2.05, 4.69) is 30.1 Å². The average molecular weight is 340 g/mol. The van der Waals surface area contributed by atoms with E-state index < -0.39 is 11.4 Å². The number of rotatable bonds is 2. The maximum atomic E-state index is 12.5. The van der Waals surface area contributed by atoms with Gasteiger partial charge < -0.3 is 14.6 Å². The summed E-state index contributed by atoms with van der Waals surface area (Å²) in [6, 6.07) is 15.6. The highest BCUT2D eigenvalue weighted by Gasteiger charge is 2.41. The molecule has 1 aliphatic rings. The lowest BCUT2D eigenvalue weighted by Crippen LogP contribution is -2.45. The lowest BCUT2D eigenvalue weighted by molar-refractivity contribution is 0.269. The number of fused-ring (bicyclic) bond motifs is 3. The molecule has 5 heteroatoms. The first-order valence-corrected chi connectivity index (χ1v) is 9.58. The molecule has 2 heterocycles. The van der Waals surface area contributed by atoms with E-state index >= 15 is 0 Å². The van der Waals surface area contributed by atoms with Crippen LogP contribution in [0, 0.1) is 0 Å². The van der Waals surface area contributed by atoms with E-state index in [1.807, 2.05) is 22.5 Å². The van der Waals surface area contributed by atoms with E-state index in [9.17, 15) is 9.66 Å². The van der Waals surface area contributed by atoms with Gasteiger partial charge in [-0.3, -0.25) is 0 Å². The fourth-order valence-electron chi connectivity index (χ4n) is 3.81. The lowest BCUT2D eigenvalue weighted by Gasteiger charge is -2.38. The third-order valence-electron chi connectivity index (χ3n) is 4.81. The first-order chi connectivity index (χ1) is 11.6. The predicted molar refractivity (Wildman–Crippen MR) is 97.3 cm³/mol. The zero-order valence-electron chi connectivity index (χ0n) is 13.7. The fraction of sp³-hybridized carbons (Fsp3) is 0.263. The average Bonchev–Trinajstić information content (AvgIpc) is 2.92. The zero-order chi connectivity index (χ0) is 16.8. The molecule has 0 amide bonds. The smallest absolute Gasteiger partial charge is 0.121 e. The molecule has 2 aromatic carbocycles. The van der Waals surface area contributed by atoms with E-state index in [0.717, 1.165) is 23.2 Å². The van der Waals surface area contributed by atoms with Crippen LogP contribution in [0.5, 0.6) is 5.75 Å². The second kappa shape index (κ2) is 5.84. The van der Waals surface area contributed by atoms with Crippen molar-refractivity contribution in [2.75, 3.05) is 6.26 Å². The van der Waals surface area contributed by atoms with Crippen LogP contribution in [0.2, 0.25) is 0 Å². The summed E-state index contributed by atoms with van der Waals surface area (Å²) in [6.07, 6.45) is 2.60. The summed E-state index contributed by atoms with van der Waals surface area (Å²) in [4.78, 5) is 3.55. The summed E-state index contributed by atoms with van der Waals surface area (Å²) in [7, 11) is 0. The molecular weight excluding hydrogens is 320 g/mol. The van der Waals surface area contributed by atoms with Crippen molar-refractivity contribution in [3.05, 3.63) is 65.4 Å². The van der Waals surface area contributed by atoms with Crippen molar-refractivity contribution >= 4 is 22.3 Å². The number of nitrogens with zero attached hydrogens (tertiary/aromatic N) is 1. The number of aromatic hydroxyl groups is 1. The van der Waals surface area contributed by atoms with Crippen molar-refractivity contribution < 1.29 is 9.66 Å². The highest BCUT2D eigenvalue weighted by molar-refractivity contribution is 7.88. The van der Waals surface area contributed by atoms with Crippen molar-refractivity contribution in [3.63, 3.8) is 0 Å². The molecule has 24 heavy (non-hydrogen) atoms. The molecule has 3 atom stereocenters. The number of phenolic OH excluding ortho intramolecular Hbond substituents is 1. The van der Waals surface area contributed by atoms with Gasteiger partial charge in [-0.15, -0.1) is 4.31 Å². The molecule has 0 radical (unpaired) electrons. The molecule has 4 nitrogen and oxygen atoms in total. The van der Waals surface area contributed by atoms with Crippen molar-refractivity contribution in [2.45, 2.75) is 25.4 Å². The van der Waals surface area contributed by atoms with Gasteiger partial charge in [-0.2, -0.15) is 0 Å². The largest absolute Gasteiger partial charge is 0.598 e. The van der Waals surface area contributed by atoms with Crippen LogP contribution in [0.4, 0.5) is 0 Å². The molecular formula is C19H20N2O2S. The molecule has 3 aromatic rings. The first kappa shape index (κ1) is 15.6. The molecule has 0 spiro atoms. The van der Waals surface area contributed by atoms with E-state index in [4.69, 9.17) is 0 Å². The zero-order valence-corrected chi connectivity index (χ0v) is 14.5. The summed E-state index contributed by atoms with van der Waals surface area (Å²) < 4.78 is 14.5. The minimum Gasteiger partial charge on any atom is -0.598 e. The number of nitrogens with one attached hydrogen (secondary N) is 1. The van der Waals surface area contributed by atoms with Crippen LogP contribution in [0.1, 0.15) is 29.8 Å². The minimum absolute atomic E-state index is 0.109. The number of phenols is 1. The Morgan fingerprint density at radius 3 is 2.58 bits per heavy atom. The van der Waals surface area contributed by atoms with Gasteiger partial charge in [-0.25, -0.2) is 0 Å². The van der Waals surface area contributed by atoms with Crippen LogP contribution < -0.4 is 0 Å². The van der Waals surface area contributed by atoms with Crippen LogP contribution in [0.25, 0.3) is 10.9 Å². The predicted octanol–water partition coefficient (Wildman–Crippen LogP) is 3.50. The highest BCUT2D eigenvalue weighted by atomic mass is 32.2. The molecule has 1 aromatic heterocycles. The SMILES string of the molecule is C[C@@H]1Cc2c([nH]c3ccccc23)[C@H](c2ccc(O)cc2)N1[S+](C)[O-]. The molecule has 2 N–H and O–H groups in total. The van der Waals surface area contributed by atoms with Crippen molar-refractivity contribution in [1.29, 1.82) is 0 Å². The van der Waals surface area contributed by atoms with Crippen LogP contribution in [-0.2, 0) is 17.8 Å². The lowest BCUT2D eigenvalue weighted by atomic mass is 9.91. The Kier molecular flexibility index (Phi) is 3.79. The Hall–Kier alpha value is -1.95. The Labute approximate surface area is 144 Å². The maximum Gasteiger partial charge on any atom is 0.121 e. The van der Waals surface area contributed by atoms with E-state index in [-0.39, 0.29) is 17.8 Å². The molecule has 0 bridgehead atoms. The van der Waals surface area contributed by atoms with Gasteiger partial charge in [0.2, 0.25) is 0 Å². The Morgan fingerprint density at radius 1 is 1.17 bits per heavy atom. The van der Waals surface area contributed by atoms with Gasteiger partial charge in [0.1, 0.15) is 18.0 Å². The second-order valence-electron chi connectivity index (χ2n) is 6.39. The molecule has 1 aliphatic heterocycles. The Morgan fingerprint density at radius 2 is 1.88 bits per heavy atom. The number of H-pyrrole nitrogens is 1. The molecule has 0 saturated heterocycles. The second-order valence-corrected chi connectivity index (χ2v) is 7.66. The van der Waals surface area contributed by atoms with Crippen LogP contribution in [0.15, 0.2) is 48.5 Å². The first-order valence-electron chi connectivity index (χ1n) is 8.06. The molecule has 0 fully saturated rings. The minimum atomic E-state index is -1.10. The maximum absolute atomic E-state index is 12.5. The van der Waals surface area contributed by atoms with E-state index in [1.165, 1.54) is 10.9 Å². The quantitative estimate of drug-likeness (QED) is 0.702. The summed E-state index contributed by atoms with van der Waals surface area (Å²) in [5.74, 6) is 0.239. The van der Waals surface area contributed by atoms with Gasteiger partial charge in [-0.05, 0) is 42.7 Å². The van der Waals surface area contributed by atoms with Gasteiger partial charge in [0.15, 0.2) is 0 Å². The Balaban J connectivity index is 1.94. The molecule has 4 rings (SSSR count). The van der Waals surface area contributed by atoms with Crippen molar-refractivity contribution in [3.8, 4) is 5.75 Å². The fourth-order valence-corrected chi connectivity index (χ4v) is 4.92. The Bertz CT molecular complexity index is 873. The third kappa shape index (κ3) is 2.40. The van der Waals surface area contributed by atoms with Gasteiger partial charge >= 0.3 is 0 Å². The van der Waals surface area contributed by atoms with Gasteiger partial charge in [0, 0.05) is 28.0 Å². The van der Waals surface area contributed by atoms with E-state index in [0.29, 0.717) is 0 Å². The summed E-state index contributed by atoms with van der Waals surface area (Å²) in [6.45, 7) is 2.12.